The number of β-amino-alcohol motifs (C(OH)–C–C–N with tert-alkyl or cyclic N) is 1. The average Bonchev–Trinajstić information content (AvgIpc) is 0.850. The smallest absolute Gasteiger partial charge is 0.274 e. The van der Waals surface area contributed by atoms with Crippen LogP contribution in [0.25, 0.3) is 22.3 Å². The number of hydrogen-bond acceptors (Lipinski definition) is 14. The van der Waals surface area contributed by atoms with E-state index in [1.54, 1.807) is 24.5 Å². The quantitative estimate of drug-likeness (QED) is 0.0220. The van der Waals surface area contributed by atoms with E-state index in [0.29, 0.717) is 71.8 Å². The molecule has 97 heavy (non-hydrogen) atoms. The topological polar surface area (TPSA) is 244 Å². The molecule has 0 saturated carbocycles. The Morgan fingerprint density at radius 2 is 0.845 bits per heavy atom. The summed E-state index contributed by atoms with van der Waals surface area (Å²) in [4.78, 5) is 76.2. The van der Waals surface area contributed by atoms with Gasteiger partial charge in [0.1, 0.15) is 22.8 Å². The Kier molecular flexibility index (Phi) is 24.7. The van der Waals surface area contributed by atoms with Gasteiger partial charge in [-0.3, -0.25) is 38.9 Å². The molecule has 0 bridgehead atoms. The number of aromatic nitrogens is 4. The van der Waals surface area contributed by atoms with Gasteiger partial charge in [-0.25, -0.2) is 9.97 Å². The molecule has 10 rings (SSSR count). The van der Waals surface area contributed by atoms with Gasteiger partial charge in [-0.1, -0.05) is 81.4 Å². The molecule has 4 aromatic carbocycles. The van der Waals surface area contributed by atoms with Crippen molar-refractivity contribution in [1.29, 1.82) is 0 Å². The molecule has 19 heteroatoms. The van der Waals surface area contributed by atoms with E-state index in [2.05, 4.69) is 81.8 Å². The third-order valence-corrected chi connectivity index (χ3v) is 23.8. The van der Waals surface area contributed by atoms with Crippen LogP contribution in [0.2, 0.25) is 18.1 Å². The Labute approximate surface area is 572 Å². The van der Waals surface area contributed by atoms with Crippen molar-refractivity contribution in [3.8, 4) is 22.3 Å². The van der Waals surface area contributed by atoms with Crippen LogP contribution >= 0.6 is 0 Å². The van der Waals surface area contributed by atoms with Crippen molar-refractivity contribution >= 4 is 54.7 Å². The van der Waals surface area contributed by atoms with Gasteiger partial charge in [-0.05, 0) is 237 Å². The first-order chi connectivity index (χ1) is 46.5. The lowest BCUT2D eigenvalue weighted by Crippen LogP contribution is -2.43. The van der Waals surface area contributed by atoms with Crippen LogP contribution in [0, 0.1) is 41.5 Å². The molecule has 0 saturated heterocycles. The number of anilines is 4. The maximum absolute atomic E-state index is 13.7. The Bertz CT molecular complexity index is 4110. The lowest BCUT2D eigenvalue weighted by molar-refractivity contribution is 0.101. The maximum atomic E-state index is 13.7. The molecule has 18 nitrogen and oxygen atoms in total. The number of nitrogens with one attached hydrogen (secondary N) is 4. The highest BCUT2D eigenvalue weighted by molar-refractivity contribution is 6.74. The molecule has 0 spiro atoms. The number of rotatable bonds is 24. The molecule has 2 aliphatic heterocycles. The second-order valence-corrected chi connectivity index (χ2v) is 31.9. The van der Waals surface area contributed by atoms with Crippen molar-refractivity contribution < 1.29 is 38.9 Å². The molecule has 6 heterocycles. The summed E-state index contributed by atoms with van der Waals surface area (Å²) in [5, 5.41) is 39.8. The minimum absolute atomic E-state index is 0.0944. The van der Waals surface area contributed by atoms with Crippen LogP contribution in [-0.4, -0.2) is 130 Å². The molecule has 0 aliphatic carbocycles. The predicted octanol–water partition coefficient (Wildman–Crippen LogP) is 13.5. The summed E-state index contributed by atoms with van der Waals surface area (Å²) in [6, 6.07) is 34.3. The van der Waals surface area contributed by atoms with Crippen molar-refractivity contribution in [1.82, 2.24) is 29.7 Å². The van der Waals surface area contributed by atoms with Gasteiger partial charge >= 0.3 is 0 Å². The largest absolute Gasteiger partial charge is 0.416 e. The van der Waals surface area contributed by atoms with Crippen LogP contribution < -0.4 is 21.3 Å². The van der Waals surface area contributed by atoms with Gasteiger partial charge in [-0.15, -0.1) is 0 Å². The van der Waals surface area contributed by atoms with Gasteiger partial charge in [0.05, 0.1) is 18.0 Å². The molecule has 4 amide bonds. The van der Waals surface area contributed by atoms with Crippen molar-refractivity contribution in [2.24, 2.45) is 0 Å². The molecule has 8 aromatic rings. The average molecular weight is 1330 g/mol. The molecule has 510 valence electrons. The molecule has 0 atom stereocenters. The zero-order chi connectivity index (χ0) is 69.6. The predicted molar refractivity (Wildman–Crippen MR) is 389 cm³/mol. The number of aryl methyl sites for hydroxylation is 4. The fraction of sp³-hybridized carbons (Fsp3) is 0.385. The maximum Gasteiger partial charge on any atom is 0.274 e. The van der Waals surface area contributed by atoms with Crippen LogP contribution in [0.3, 0.4) is 0 Å². The van der Waals surface area contributed by atoms with Gasteiger partial charge < -0.3 is 41.0 Å². The molecule has 7 N–H and O–H groups in total. The summed E-state index contributed by atoms with van der Waals surface area (Å²) in [5.41, 5.74) is 20.2. The Balaban J connectivity index is 0.000000230. The Hall–Kier alpha value is -8.66. The highest BCUT2D eigenvalue weighted by atomic mass is 28.4. The second kappa shape index (κ2) is 33.1. The van der Waals surface area contributed by atoms with E-state index >= 15 is 0 Å². The number of amides is 4. The third-order valence-electron chi connectivity index (χ3n) is 19.3. The van der Waals surface area contributed by atoms with Crippen LogP contribution in [0.1, 0.15) is 155 Å². The number of benzene rings is 4. The summed E-state index contributed by atoms with van der Waals surface area (Å²) >= 11 is 0. The second-order valence-electron chi connectivity index (χ2n) is 27.1. The molecule has 0 unspecified atom stereocenters. The number of nitrogens with zero attached hydrogens (tertiary/aromatic N) is 6. The summed E-state index contributed by atoms with van der Waals surface area (Å²) in [6.07, 6.45) is 10.0. The first-order valence-electron chi connectivity index (χ1n) is 33.9. The molecule has 0 fully saturated rings. The number of hydrogen-bond donors (Lipinski definition) is 7. The van der Waals surface area contributed by atoms with Crippen molar-refractivity contribution in [3.05, 3.63) is 211 Å². The van der Waals surface area contributed by atoms with Crippen molar-refractivity contribution in [3.63, 3.8) is 0 Å². The van der Waals surface area contributed by atoms with Crippen LogP contribution in [-0.2, 0) is 43.2 Å². The summed E-state index contributed by atoms with van der Waals surface area (Å²) in [6.45, 7) is 29.1. The highest BCUT2D eigenvalue weighted by Gasteiger charge is 2.37. The van der Waals surface area contributed by atoms with E-state index in [-0.39, 0.29) is 48.5 Å². The van der Waals surface area contributed by atoms with Gasteiger partial charge in [0.2, 0.25) is 0 Å². The zero-order valence-corrected chi connectivity index (χ0v) is 59.3. The van der Waals surface area contributed by atoms with Crippen molar-refractivity contribution in [2.45, 2.75) is 145 Å². The number of pyridine rings is 4. The van der Waals surface area contributed by atoms with Gasteiger partial charge in [0.25, 0.3) is 23.6 Å². The Morgan fingerprint density at radius 3 is 1.18 bits per heavy atom. The van der Waals surface area contributed by atoms with E-state index in [9.17, 15) is 24.3 Å². The standard InChI is InChI=1S/C42H55N5O4Si.C36H41N5O4/c1-28-25-38(44-39-27-47(21-20-32(28)39)22-24-51-52(7,8)42(4,5)6)41(50)46-36-17-12-15-34(30(36)3)33-14-11-16-35(29(33)2)45-40(49)37-19-18-31(26-43-37)13-9-10-23-48;1-23-20-33(38-34-22-41(17-19-43)16-15-27(23)34)36(45)40-31-12-7-10-29(25(31)3)28-9-6-11-30(24(28)2)39-35(44)32-14-13-26(21-37-32)8-4-5-18-42/h11-12,14-19,25-26,48H,9-10,13,20-24,27H2,1-8H3,(H,45,49)(H,46,50);6-7,9-14,20-21,42-43H,4-5,8,15-19,22H2,1-3H3,(H,39,44)(H,40,45). The zero-order valence-electron chi connectivity index (χ0n) is 58.3. The van der Waals surface area contributed by atoms with Crippen molar-refractivity contribution in [2.75, 3.05) is 73.9 Å². The van der Waals surface area contributed by atoms with Gasteiger partial charge in [0, 0.05) is 94.2 Å². The normalized spacial score (nSPS) is 13.2. The fourth-order valence-electron chi connectivity index (χ4n) is 12.3. The van der Waals surface area contributed by atoms with Gasteiger partial charge in [0.15, 0.2) is 8.32 Å². The van der Waals surface area contributed by atoms with Crippen LogP contribution in [0.4, 0.5) is 22.7 Å². The lowest BCUT2D eigenvalue weighted by Gasteiger charge is -2.37. The number of unbranched alkanes of at least 4 members (excludes halogenated alkanes) is 2. The SMILES string of the molecule is Cc1cc(C(=O)Nc2cccc(-c3cccc(NC(=O)c4ccc(CCCCO)cn4)c3C)c2C)nc2c1CCN(CCO)C2.Cc1cc(C(=O)Nc2cccc(-c3cccc(NC(=O)c4ccc(CCCCO)cn4)c3C)c2C)nc2c1CCN(CCO[Si](C)(C)C(C)(C)C)C2. The number of fused-ring (bicyclic) bond motifs is 2. The van der Waals surface area contributed by atoms with E-state index < -0.39 is 8.32 Å². The molecule has 2 aliphatic rings. The monoisotopic (exact) mass is 1330 g/mol. The first-order valence-corrected chi connectivity index (χ1v) is 36.8. The molecule has 4 aromatic heterocycles. The number of carbonyl (C=O) groups excluding carboxylic acids is 4. The lowest BCUT2D eigenvalue weighted by atomic mass is 9.94. The summed E-state index contributed by atoms with van der Waals surface area (Å²) in [7, 11) is -1.81. The summed E-state index contributed by atoms with van der Waals surface area (Å²) in [5.74, 6) is -1.09. The van der Waals surface area contributed by atoms with E-state index in [0.717, 1.165) is 149 Å². The molecule has 0 radical (unpaired) electrons. The van der Waals surface area contributed by atoms with E-state index in [1.807, 2.05) is 132 Å². The Morgan fingerprint density at radius 1 is 0.485 bits per heavy atom. The van der Waals surface area contributed by atoms with Gasteiger partial charge in [-0.2, -0.15) is 0 Å². The number of carbonyl (C=O) groups is 4. The molecular formula is C78H96N10O8Si. The summed E-state index contributed by atoms with van der Waals surface area (Å²) < 4.78 is 6.44. The minimum Gasteiger partial charge on any atom is -0.416 e. The fourth-order valence-corrected chi connectivity index (χ4v) is 13.3. The number of aliphatic hydroxyl groups is 3. The highest BCUT2D eigenvalue weighted by Crippen LogP contribution is 2.38. The van der Waals surface area contributed by atoms with E-state index in [4.69, 9.17) is 24.6 Å². The first kappa shape index (κ1) is 72.6. The number of aliphatic hydroxyl groups excluding tert-OH is 3. The minimum atomic E-state index is -1.81. The third kappa shape index (κ3) is 18.3. The van der Waals surface area contributed by atoms with E-state index in [1.165, 1.54) is 11.1 Å². The van der Waals surface area contributed by atoms with Crippen LogP contribution in [0.15, 0.2) is 122 Å². The molecular weight excluding hydrogens is 1230 g/mol. The van der Waals surface area contributed by atoms with Crippen LogP contribution in [0.5, 0.6) is 0 Å².